The number of hydrogen-bond acceptors (Lipinski definition) is 1. The summed E-state index contributed by atoms with van der Waals surface area (Å²) in [4.78, 5) is 0. The summed E-state index contributed by atoms with van der Waals surface area (Å²) in [6, 6.07) is 6.37. The lowest BCUT2D eigenvalue weighted by Gasteiger charge is -2.13. The van der Waals surface area contributed by atoms with Gasteiger partial charge >= 0.3 is 0 Å². The summed E-state index contributed by atoms with van der Waals surface area (Å²) in [5.41, 5.74) is 2.56. The predicted molar refractivity (Wildman–Crippen MR) is 56.6 cm³/mol. The minimum absolute atomic E-state index is 0.219. The highest BCUT2D eigenvalue weighted by atomic mass is 16.5. The fourth-order valence-electron chi connectivity index (χ4n) is 2.21. The fourth-order valence-corrected chi connectivity index (χ4v) is 2.21. The summed E-state index contributed by atoms with van der Waals surface area (Å²) in [5.74, 6) is 1.51. The van der Waals surface area contributed by atoms with Crippen LogP contribution in [0.4, 0.5) is 0 Å². The van der Waals surface area contributed by atoms with Gasteiger partial charge in [-0.1, -0.05) is 36.4 Å². The number of ether oxygens (including phenoxy) is 1. The molecule has 70 valence electrons. The first kappa shape index (κ1) is 7.86. The van der Waals surface area contributed by atoms with E-state index in [0.29, 0.717) is 5.92 Å². The van der Waals surface area contributed by atoms with E-state index in [1.165, 1.54) is 11.1 Å². The molecule has 0 fully saturated rings. The van der Waals surface area contributed by atoms with Crippen molar-refractivity contribution in [3.63, 3.8) is 0 Å². The van der Waals surface area contributed by atoms with Crippen LogP contribution in [0.1, 0.15) is 17.0 Å². The molecule has 1 heterocycles. The average molecular weight is 184 g/mol. The van der Waals surface area contributed by atoms with Crippen molar-refractivity contribution < 1.29 is 4.74 Å². The van der Waals surface area contributed by atoms with Crippen molar-refractivity contribution in [1.82, 2.24) is 0 Å². The van der Waals surface area contributed by atoms with Crippen molar-refractivity contribution in [3.8, 4) is 5.75 Å². The van der Waals surface area contributed by atoms with Crippen molar-refractivity contribution in [3.05, 3.63) is 53.6 Å². The third-order valence-electron chi connectivity index (χ3n) is 2.94. The van der Waals surface area contributed by atoms with E-state index in [-0.39, 0.29) is 6.10 Å². The third-order valence-corrected chi connectivity index (χ3v) is 2.94. The lowest BCUT2D eigenvalue weighted by atomic mass is 9.91. The Kier molecular flexibility index (Phi) is 1.54. The van der Waals surface area contributed by atoms with E-state index in [4.69, 9.17) is 4.74 Å². The van der Waals surface area contributed by atoms with Gasteiger partial charge in [0.1, 0.15) is 11.9 Å². The van der Waals surface area contributed by atoms with Crippen LogP contribution in [-0.2, 0) is 0 Å². The molecular formula is C13H12O. The Morgan fingerprint density at radius 3 is 2.93 bits per heavy atom. The van der Waals surface area contributed by atoms with E-state index in [0.717, 1.165) is 5.75 Å². The van der Waals surface area contributed by atoms with Gasteiger partial charge in [0, 0.05) is 11.5 Å². The zero-order valence-electron chi connectivity index (χ0n) is 8.10. The van der Waals surface area contributed by atoms with Crippen LogP contribution in [-0.4, -0.2) is 6.10 Å². The van der Waals surface area contributed by atoms with Gasteiger partial charge in [-0.05, 0) is 18.6 Å². The highest BCUT2D eigenvalue weighted by Crippen LogP contribution is 2.42. The molecule has 14 heavy (non-hydrogen) atoms. The van der Waals surface area contributed by atoms with Crippen LogP contribution in [0, 0.1) is 6.92 Å². The zero-order valence-corrected chi connectivity index (χ0v) is 8.10. The maximum atomic E-state index is 5.90. The molecule has 1 aliphatic heterocycles. The molecule has 2 atom stereocenters. The van der Waals surface area contributed by atoms with Gasteiger partial charge in [-0.2, -0.15) is 0 Å². The summed E-state index contributed by atoms with van der Waals surface area (Å²) in [7, 11) is 0. The number of hydrogen-bond donors (Lipinski definition) is 0. The predicted octanol–water partition coefficient (Wildman–Crippen LogP) is 2.97. The van der Waals surface area contributed by atoms with Crippen LogP contribution < -0.4 is 4.74 Å². The van der Waals surface area contributed by atoms with E-state index in [1.807, 2.05) is 0 Å². The van der Waals surface area contributed by atoms with Crippen LogP contribution in [0.3, 0.4) is 0 Å². The summed E-state index contributed by atoms with van der Waals surface area (Å²) < 4.78 is 5.90. The summed E-state index contributed by atoms with van der Waals surface area (Å²) in [6.45, 7) is 2.10. The van der Waals surface area contributed by atoms with Gasteiger partial charge < -0.3 is 4.74 Å². The Labute approximate surface area is 83.7 Å². The fraction of sp³-hybridized carbons (Fsp3) is 0.231. The lowest BCUT2D eigenvalue weighted by molar-refractivity contribution is 0.267. The third kappa shape index (κ3) is 0.955. The molecule has 1 nitrogen and oxygen atoms in total. The van der Waals surface area contributed by atoms with Crippen molar-refractivity contribution in [2.24, 2.45) is 0 Å². The molecule has 0 amide bonds. The summed E-state index contributed by atoms with van der Waals surface area (Å²) in [6.07, 6.45) is 8.72. The molecule has 2 unspecified atom stereocenters. The van der Waals surface area contributed by atoms with Crippen LogP contribution in [0.25, 0.3) is 0 Å². The van der Waals surface area contributed by atoms with Gasteiger partial charge in [-0.25, -0.2) is 0 Å². The molecule has 3 rings (SSSR count). The molecule has 0 spiro atoms. The maximum Gasteiger partial charge on any atom is 0.128 e. The summed E-state index contributed by atoms with van der Waals surface area (Å²) in [5, 5.41) is 0. The first-order valence-electron chi connectivity index (χ1n) is 4.97. The number of aryl methyl sites for hydroxylation is 1. The van der Waals surface area contributed by atoms with Gasteiger partial charge in [-0.3, -0.25) is 0 Å². The van der Waals surface area contributed by atoms with Gasteiger partial charge in [-0.15, -0.1) is 0 Å². The Balaban J connectivity index is 2.15. The van der Waals surface area contributed by atoms with E-state index < -0.39 is 0 Å². The Morgan fingerprint density at radius 1 is 1.14 bits per heavy atom. The number of allylic oxidation sites excluding steroid dienone is 2. The molecule has 0 saturated heterocycles. The monoisotopic (exact) mass is 184 g/mol. The highest BCUT2D eigenvalue weighted by molar-refractivity contribution is 5.50. The first-order valence-corrected chi connectivity index (χ1v) is 4.97. The second-order valence-corrected chi connectivity index (χ2v) is 3.87. The van der Waals surface area contributed by atoms with Crippen LogP contribution in [0.5, 0.6) is 5.75 Å². The normalized spacial score (nSPS) is 26.9. The van der Waals surface area contributed by atoms with Gasteiger partial charge in [0.15, 0.2) is 0 Å². The largest absolute Gasteiger partial charge is 0.485 e. The second-order valence-electron chi connectivity index (χ2n) is 3.87. The zero-order chi connectivity index (χ0) is 9.54. The van der Waals surface area contributed by atoms with Gasteiger partial charge in [0.05, 0.1) is 0 Å². The molecule has 1 heteroatoms. The molecule has 2 aliphatic rings. The van der Waals surface area contributed by atoms with Crippen LogP contribution >= 0.6 is 0 Å². The number of benzene rings is 1. The maximum absolute atomic E-state index is 5.90. The molecule has 0 N–H and O–H groups in total. The van der Waals surface area contributed by atoms with Gasteiger partial charge in [0.2, 0.25) is 0 Å². The molecule has 0 saturated carbocycles. The Morgan fingerprint density at radius 2 is 2.00 bits per heavy atom. The van der Waals surface area contributed by atoms with Crippen LogP contribution in [0.15, 0.2) is 42.5 Å². The standard InChI is InChI=1S/C13H12O/c1-9-5-4-7-11-10-6-2-3-8-12(10)14-13(9)11/h2-8,10,12H,1H3. The second kappa shape index (κ2) is 2.74. The number of rotatable bonds is 0. The lowest BCUT2D eigenvalue weighted by Crippen LogP contribution is -2.15. The van der Waals surface area contributed by atoms with Crippen molar-refractivity contribution >= 4 is 0 Å². The quantitative estimate of drug-likeness (QED) is 0.602. The molecule has 0 bridgehead atoms. The van der Waals surface area contributed by atoms with E-state index in [2.05, 4.69) is 49.4 Å². The molecule has 1 aromatic rings. The average Bonchev–Trinajstić information content (AvgIpc) is 2.59. The molecule has 0 radical (unpaired) electrons. The minimum atomic E-state index is 0.219. The minimum Gasteiger partial charge on any atom is -0.485 e. The van der Waals surface area contributed by atoms with E-state index >= 15 is 0 Å². The first-order chi connectivity index (χ1) is 6.86. The molecule has 1 aliphatic carbocycles. The van der Waals surface area contributed by atoms with E-state index in [9.17, 15) is 0 Å². The number of fused-ring (bicyclic) bond motifs is 3. The highest BCUT2D eigenvalue weighted by Gasteiger charge is 2.32. The number of para-hydroxylation sites is 1. The summed E-state index contributed by atoms with van der Waals surface area (Å²) >= 11 is 0. The smallest absolute Gasteiger partial charge is 0.128 e. The molecular weight excluding hydrogens is 172 g/mol. The van der Waals surface area contributed by atoms with Crippen molar-refractivity contribution in [1.29, 1.82) is 0 Å². The SMILES string of the molecule is Cc1cccc2c1OC1C=CC=CC21. The van der Waals surface area contributed by atoms with Crippen LogP contribution in [0.2, 0.25) is 0 Å². The van der Waals surface area contributed by atoms with Gasteiger partial charge in [0.25, 0.3) is 0 Å². The molecule has 1 aromatic carbocycles. The molecule has 0 aromatic heterocycles. The Bertz CT molecular complexity index is 429. The van der Waals surface area contributed by atoms with Crippen molar-refractivity contribution in [2.45, 2.75) is 18.9 Å². The topological polar surface area (TPSA) is 9.23 Å². The van der Waals surface area contributed by atoms with Crippen molar-refractivity contribution in [2.75, 3.05) is 0 Å². The Hall–Kier alpha value is -1.50. The van der Waals surface area contributed by atoms with E-state index in [1.54, 1.807) is 0 Å².